The van der Waals surface area contributed by atoms with Crippen LogP contribution in [0.3, 0.4) is 0 Å². The summed E-state index contributed by atoms with van der Waals surface area (Å²) in [5.41, 5.74) is 5.35. The van der Waals surface area contributed by atoms with Gasteiger partial charge in [-0.25, -0.2) is 0 Å². The van der Waals surface area contributed by atoms with Crippen LogP contribution in [0.4, 0.5) is 0 Å². The lowest BCUT2D eigenvalue weighted by Gasteiger charge is -2.13. The van der Waals surface area contributed by atoms with Crippen molar-refractivity contribution in [2.45, 2.75) is 26.6 Å². The largest absolute Gasteiger partial charge is 0.352 e. The minimum atomic E-state index is -0.123. The Kier molecular flexibility index (Phi) is 4.56. The van der Waals surface area contributed by atoms with E-state index >= 15 is 0 Å². The second kappa shape index (κ2) is 6.97. The summed E-state index contributed by atoms with van der Waals surface area (Å²) in [6, 6.07) is 13.1. The minimum Gasteiger partial charge on any atom is -0.352 e. The van der Waals surface area contributed by atoms with E-state index in [-0.39, 0.29) is 5.91 Å². The Bertz CT molecular complexity index is 1020. The minimum absolute atomic E-state index is 0.123. The van der Waals surface area contributed by atoms with E-state index in [0.29, 0.717) is 30.8 Å². The van der Waals surface area contributed by atoms with Gasteiger partial charge in [0.25, 0.3) is 0 Å². The molecule has 0 unspecified atom stereocenters. The second-order valence-electron chi connectivity index (χ2n) is 6.13. The van der Waals surface area contributed by atoms with Crippen LogP contribution < -0.4 is 5.32 Å². The monoisotopic (exact) mass is 341 g/mol. The van der Waals surface area contributed by atoms with E-state index in [2.05, 4.69) is 17.6 Å². The molecule has 0 bridgehead atoms. The first-order valence-corrected chi connectivity index (χ1v) is 8.04. The molecule has 0 spiro atoms. The van der Waals surface area contributed by atoms with Crippen LogP contribution in [0.25, 0.3) is 11.1 Å². The van der Waals surface area contributed by atoms with E-state index in [1.165, 1.54) is 6.92 Å². The Morgan fingerprint density at radius 1 is 1.12 bits per heavy atom. The van der Waals surface area contributed by atoms with Crippen LogP contribution in [0.2, 0.25) is 0 Å². The van der Waals surface area contributed by atoms with Crippen molar-refractivity contribution in [3.63, 3.8) is 0 Å². The molecule has 0 fully saturated rings. The van der Waals surface area contributed by atoms with E-state index < -0.39 is 0 Å². The van der Waals surface area contributed by atoms with Crippen LogP contribution in [-0.4, -0.2) is 10.8 Å². The van der Waals surface area contributed by atoms with E-state index in [0.717, 1.165) is 27.8 Å². The number of nitrogens with zero attached hydrogens (tertiary/aromatic N) is 4. The third-order valence-electron chi connectivity index (χ3n) is 4.35. The standard InChI is InChI=1S/C20H15N5O/c1-13(26)24-9-15-5-17-10-25(12-23)11-20(17)19(6-15)18-3-2-14(7-21)4-16(18)8-22/h2-6H,9-11H2,1H3,(H,24,26). The number of nitriles is 3. The molecule has 1 amide bonds. The number of amides is 1. The Morgan fingerprint density at radius 2 is 1.92 bits per heavy atom. The number of fused-ring (bicyclic) bond motifs is 1. The molecule has 0 atom stereocenters. The molecular weight excluding hydrogens is 326 g/mol. The molecule has 1 aliphatic rings. The van der Waals surface area contributed by atoms with Gasteiger partial charge in [-0.2, -0.15) is 15.8 Å². The van der Waals surface area contributed by atoms with Crippen molar-refractivity contribution >= 4 is 5.91 Å². The molecule has 0 saturated heterocycles. The average molecular weight is 341 g/mol. The van der Waals surface area contributed by atoms with Crippen molar-refractivity contribution in [2.75, 3.05) is 0 Å². The van der Waals surface area contributed by atoms with Crippen molar-refractivity contribution in [2.24, 2.45) is 0 Å². The van der Waals surface area contributed by atoms with Crippen molar-refractivity contribution in [3.8, 4) is 29.5 Å². The molecule has 0 saturated carbocycles. The lowest BCUT2D eigenvalue weighted by molar-refractivity contribution is -0.119. The molecule has 26 heavy (non-hydrogen) atoms. The predicted octanol–water partition coefficient (Wildman–Crippen LogP) is 2.53. The maximum Gasteiger partial charge on any atom is 0.217 e. The van der Waals surface area contributed by atoms with E-state index in [9.17, 15) is 15.3 Å². The van der Waals surface area contributed by atoms with Crippen molar-refractivity contribution in [1.82, 2.24) is 10.2 Å². The fourth-order valence-corrected chi connectivity index (χ4v) is 3.16. The number of carbonyl (C=O) groups is 1. The van der Waals surface area contributed by atoms with Gasteiger partial charge in [-0.1, -0.05) is 12.1 Å². The van der Waals surface area contributed by atoms with Gasteiger partial charge in [0.1, 0.15) is 0 Å². The van der Waals surface area contributed by atoms with Gasteiger partial charge in [-0.3, -0.25) is 4.79 Å². The van der Waals surface area contributed by atoms with E-state index in [1.807, 2.05) is 18.2 Å². The number of carbonyl (C=O) groups excluding carboxylic acids is 1. The molecule has 3 rings (SSSR count). The summed E-state index contributed by atoms with van der Waals surface area (Å²) in [7, 11) is 0. The summed E-state index contributed by atoms with van der Waals surface area (Å²) >= 11 is 0. The zero-order valence-electron chi connectivity index (χ0n) is 14.2. The number of hydrogen-bond donors (Lipinski definition) is 1. The Morgan fingerprint density at radius 3 is 2.58 bits per heavy atom. The summed E-state index contributed by atoms with van der Waals surface area (Å²) in [6.07, 6.45) is 2.16. The van der Waals surface area contributed by atoms with E-state index in [4.69, 9.17) is 5.26 Å². The fraction of sp³-hybridized carbons (Fsp3) is 0.200. The molecular formula is C20H15N5O. The second-order valence-corrected chi connectivity index (χ2v) is 6.13. The van der Waals surface area contributed by atoms with Gasteiger partial charge in [0.2, 0.25) is 5.91 Å². The molecule has 1 aliphatic heterocycles. The summed E-state index contributed by atoms with van der Waals surface area (Å²) in [6.45, 7) is 2.82. The summed E-state index contributed by atoms with van der Waals surface area (Å²) in [4.78, 5) is 12.9. The number of benzene rings is 2. The maximum atomic E-state index is 11.2. The van der Waals surface area contributed by atoms with Crippen molar-refractivity contribution < 1.29 is 4.79 Å². The lowest BCUT2D eigenvalue weighted by atomic mass is 9.91. The van der Waals surface area contributed by atoms with Gasteiger partial charge in [-0.15, -0.1) is 0 Å². The highest BCUT2D eigenvalue weighted by Crippen LogP contribution is 2.35. The van der Waals surface area contributed by atoms with Gasteiger partial charge in [0, 0.05) is 13.5 Å². The average Bonchev–Trinajstić information content (AvgIpc) is 3.08. The molecule has 1 N–H and O–H groups in total. The smallest absolute Gasteiger partial charge is 0.217 e. The highest BCUT2D eigenvalue weighted by Gasteiger charge is 2.23. The lowest BCUT2D eigenvalue weighted by Crippen LogP contribution is -2.19. The SMILES string of the molecule is CC(=O)NCc1cc2c(c(-c3ccc(C#N)cc3C#N)c1)CN(C#N)C2. The first-order chi connectivity index (χ1) is 12.5. The molecule has 6 nitrogen and oxygen atoms in total. The number of rotatable bonds is 3. The Balaban J connectivity index is 2.15. The normalized spacial score (nSPS) is 11.8. The molecule has 1 heterocycles. The maximum absolute atomic E-state index is 11.2. The zero-order chi connectivity index (χ0) is 18.7. The summed E-state index contributed by atoms with van der Waals surface area (Å²) in [5.74, 6) is -0.123. The van der Waals surface area contributed by atoms with Crippen LogP contribution in [0, 0.1) is 34.1 Å². The molecule has 0 aromatic heterocycles. The first kappa shape index (κ1) is 17.0. The number of hydrogen-bond acceptors (Lipinski definition) is 5. The van der Waals surface area contributed by atoms with Gasteiger partial charge >= 0.3 is 0 Å². The number of nitrogens with one attached hydrogen (secondary N) is 1. The molecule has 2 aromatic rings. The van der Waals surface area contributed by atoms with Crippen molar-refractivity contribution in [1.29, 1.82) is 15.8 Å². The van der Waals surface area contributed by atoms with E-state index in [1.54, 1.807) is 23.1 Å². The molecule has 6 heteroatoms. The van der Waals surface area contributed by atoms with Gasteiger partial charge in [0.05, 0.1) is 36.4 Å². The topological polar surface area (TPSA) is 104 Å². The van der Waals surface area contributed by atoms with Crippen LogP contribution in [0.5, 0.6) is 0 Å². The molecule has 0 radical (unpaired) electrons. The quantitative estimate of drug-likeness (QED) is 0.864. The van der Waals surface area contributed by atoms with Gasteiger partial charge in [0.15, 0.2) is 6.19 Å². The summed E-state index contributed by atoms with van der Waals surface area (Å²) in [5, 5.41) is 30.6. The molecule has 0 aliphatic carbocycles. The third kappa shape index (κ3) is 3.20. The van der Waals surface area contributed by atoms with Crippen LogP contribution in [0.1, 0.15) is 34.7 Å². The van der Waals surface area contributed by atoms with Gasteiger partial charge in [-0.05, 0) is 46.0 Å². The highest BCUT2D eigenvalue weighted by molar-refractivity contribution is 5.77. The van der Waals surface area contributed by atoms with Gasteiger partial charge < -0.3 is 10.2 Å². The van der Waals surface area contributed by atoms with Crippen LogP contribution >= 0.6 is 0 Å². The Hall–Kier alpha value is -3.82. The summed E-state index contributed by atoms with van der Waals surface area (Å²) < 4.78 is 0. The van der Waals surface area contributed by atoms with Crippen LogP contribution in [-0.2, 0) is 24.4 Å². The van der Waals surface area contributed by atoms with Crippen LogP contribution in [0.15, 0.2) is 30.3 Å². The molecule has 2 aromatic carbocycles. The predicted molar refractivity (Wildman–Crippen MR) is 93.7 cm³/mol. The van der Waals surface area contributed by atoms with Crippen molar-refractivity contribution in [3.05, 3.63) is 58.1 Å². The third-order valence-corrected chi connectivity index (χ3v) is 4.35. The molecule has 126 valence electrons. The fourth-order valence-electron chi connectivity index (χ4n) is 3.16. The highest BCUT2D eigenvalue weighted by atomic mass is 16.1. The Labute approximate surface area is 151 Å². The first-order valence-electron chi connectivity index (χ1n) is 8.04. The zero-order valence-corrected chi connectivity index (χ0v) is 14.2.